The third kappa shape index (κ3) is 7.47. The fourth-order valence-electron chi connectivity index (χ4n) is 5.29. The second-order valence-electron chi connectivity index (χ2n) is 10.5. The summed E-state index contributed by atoms with van der Waals surface area (Å²) in [5, 5.41) is 13.3. The summed E-state index contributed by atoms with van der Waals surface area (Å²) in [5.74, 6) is 0.287. The quantitative estimate of drug-likeness (QED) is 0.210. The summed E-state index contributed by atoms with van der Waals surface area (Å²) in [4.78, 5) is 39.9. The number of rotatable bonds is 11. The van der Waals surface area contributed by atoms with Crippen molar-refractivity contribution in [1.29, 1.82) is 0 Å². The number of fused-ring (bicyclic) bond motifs is 1. The molecule has 216 valence electrons. The van der Waals surface area contributed by atoms with E-state index in [1.54, 1.807) is 18.2 Å². The third-order valence-electron chi connectivity index (χ3n) is 7.57. The van der Waals surface area contributed by atoms with Crippen molar-refractivity contribution >= 4 is 46.5 Å². The first-order chi connectivity index (χ1) is 19.9. The lowest BCUT2D eigenvalue weighted by Gasteiger charge is -2.32. The van der Waals surface area contributed by atoms with Crippen LogP contribution in [0.1, 0.15) is 64.1 Å². The Morgan fingerprint density at radius 2 is 1.85 bits per heavy atom. The first-order valence-electron chi connectivity index (χ1n) is 14.0. The number of ether oxygens (including phenoxy) is 1. The number of likely N-dealkylation sites (tertiary alicyclic amines) is 1. The van der Waals surface area contributed by atoms with E-state index in [-0.39, 0.29) is 51.4 Å². The molecule has 0 bridgehead atoms. The monoisotopic (exact) mass is 597 g/mol. The van der Waals surface area contributed by atoms with E-state index in [4.69, 9.17) is 27.9 Å². The Kier molecular flexibility index (Phi) is 9.59. The summed E-state index contributed by atoms with van der Waals surface area (Å²) in [7, 11) is 0. The number of nitrogens with zero attached hydrogens (tertiary/aromatic N) is 2. The van der Waals surface area contributed by atoms with Crippen molar-refractivity contribution in [3.8, 4) is 5.75 Å². The van der Waals surface area contributed by atoms with Crippen molar-refractivity contribution in [1.82, 2.24) is 20.4 Å². The Balaban J connectivity index is 1.01. The molecule has 0 saturated carbocycles. The Morgan fingerprint density at radius 3 is 2.63 bits per heavy atom. The maximum absolute atomic E-state index is 13.0. The van der Waals surface area contributed by atoms with Gasteiger partial charge in [0.2, 0.25) is 5.91 Å². The van der Waals surface area contributed by atoms with Gasteiger partial charge >= 0.3 is 0 Å². The number of carbonyl (C=O) groups excluding carboxylic acids is 3. The van der Waals surface area contributed by atoms with E-state index in [0.29, 0.717) is 18.6 Å². The van der Waals surface area contributed by atoms with Gasteiger partial charge in [-0.3, -0.25) is 19.5 Å². The summed E-state index contributed by atoms with van der Waals surface area (Å²) in [6.07, 6.45) is 6.40. The Hall–Kier alpha value is -3.40. The van der Waals surface area contributed by atoms with Gasteiger partial charge < -0.3 is 20.3 Å². The number of carbonyl (C=O) groups is 3. The summed E-state index contributed by atoms with van der Waals surface area (Å²) in [6.45, 7) is 3.39. The van der Waals surface area contributed by atoms with Crippen molar-refractivity contribution in [3.63, 3.8) is 0 Å². The maximum Gasteiger partial charge on any atom is 0.269 e. The van der Waals surface area contributed by atoms with E-state index in [1.165, 1.54) is 6.20 Å². The molecule has 41 heavy (non-hydrogen) atoms. The highest BCUT2D eigenvalue weighted by atomic mass is 35.5. The number of benzene rings is 2. The molecular formula is C30H33Cl2N5O4. The molecule has 0 atom stereocenters. The molecule has 2 aromatic carbocycles. The van der Waals surface area contributed by atoms with Crippen LogP contribution in [0.25, 0.3) is 0 Å². The standard InChI is InChI=1S/C30H33Cl2N5O4/c31-23-4-3-5-24(32)28(23)26(38)16-20-18-33-36-29(20)30(40)34-21-10-13-37(14-11-21)12-1-2-15-41-22-8-6-19-7-9-27(39)35-25(19)17-22/h3-6,8,17-18,21H,1-2,7,9-16H2,(H,33,36)(H,34,40)(H,35,39). The van der Waals surface area contributed by atoms with Crippen LogP contribution in [0, 0.1) is 0 Å². The molecule has 0 spiro atoms. The Bertz CT molecular complexity index is 1400. The third-order valence-corrected chi connectivity index (χ3v) is 8.20. The Labute approximate surface area is 248 Å². The number of aryl methyl sites for hydroxylation is 1. The van der Waals surface area contributed by atoms with Gasteiger partial charge in [0.05, 0.1) is 28.4 Å². The highest BCUT2D eigenvalue weighted by molar-refractivity contribution is 6.39. The molecule has 2 amide bonds. The smallest absolute Gasteiger partial charge is 0.269 e. The van der Waals surface area contributed by atoms with Gasteiger partial charge in [-0.05, 0) is 62.4 Å². The second kappa shape index (κ2) is 13.5. The van der Waals surface area contributed by atoms with Gasteiger partial charge in [-0.1, -0.05) is 35.3 Å². The highest BCUT2D eigenvalue weighted by Gasteiger charge is 2.24. The van der Waals surface area contributed by atoms with E-state index >= 15 is 0 Å². The number of piperidine rings is 1. The number of aromatic amines is 1. The molecule has 1 aromatic heterocycles. The number of halogens is 2. The molecule has 1 saturated heterocycles. The molecule has 11 heteroatoms. The van der Waals surface area contributed by atoms with Gasteiger partial charge in [0.15, 0.2) is 5.78 Å². The Morgan fingerprint density at radius 1 is 1.07 bits per heavy atom. The topological polar surface area (TPSA) is 116 Å². The van der Waals surface area contributed by atoms with Gasteiger partial charge in [-0.25, -0.2) is 0 Å². The van der Waals surface area contributed by atoms with Crippen LogP contribution < -0.4 is 15.4 Å². The first kappa shape index (κ1) is 29.1. The van der Waals surface area contributed by atoms with E-state index in [1.807, 2.05) is 18.2 Å². The van der Waals surface area contributed by atoms with Crippen molar-refractivity contribution in [2.75, 3.05) is 31.6 Å². The van der Waals surface area contributed by atoms with Gasteiger partial charge in [-0.2, -0.15) is 5.10 Å². The average molecular weight is 599 g/mol. The zero-order valence-corrected chi connectivity index (χ0v) is 24.2. The molecule has 2 aliphatic heterocycles. The molecular weight excluding hydrogens is 565 g/mol. The molecule has 3 N–H and O–H groups in total. The minimum absolute atomic E-state index is 0.0338. The summed E-state index contributed by atoms with van der Waals surface area (Å²) in [6, 6.07) is 10.9. The summed E-state index contributed by atoms with van der Waals surface area (Å²) in [5.41, 5.74) is 3.04. The number of ketones is 1. The molecule has 2 aliphatic rings. The number of hydrogen-bond donors (Lipinski definition) is 3. The predicted octanol–water partition coefficient (Wildman–Crippen LogP) is 5.08. The highest BCUT2D eigenvalue weighted by Crippen LogP contribution is 2.28. The average Bonchev–Trinajstić information content (AvgIpc) is 3.41. The maximum atomic E-state index is 13.0. The molecule has 3 heterocycles. The number of hydrogen-bond acceptors (Lipinski definition) is 6. The molecule has 3 aromatic rings. The number of aromatic nitrogens is 2. The van der Waals surface area contributed by atoms with Gasteiger partial charge in [0.25, 0.3) is 5.91 Å². The second-order valence-corrected chi connectivity index (χ2v) is 11.3. The zero-order chi connectivity index (χ0) is 28.8. The number of nitrogens with one attached hydrogen (secondary N) is 3. The van der Waals surface area contributed by atoms with Crippen LogP contribution in [-0.2, 0) is 17.6 Å². The number of Topliss-reactive ketones (excluding diaryl/α,β-unsaturated/α-hetero) is 1. The van der Waals surface area contributed by atoms with Gasteiger partial charge in [0.1, 0.15) is 11.4 Å². The minimum atomic E-state index is -0.272. The fourth-order valence-corrected chi connectivity index (χ4v) is 5.90. The van der Waals surface area contributed by atoms with E-state index in [0.717, 1.165) is 68.7 Å². The molecule has 0 radical (unpaired) electrons. The van der Waals surface area contributed by atoms with Gasteiger partial charge in [0, 0.05) is 49.3 Å². The van der Waals surface area contributed by atoms with Crippen LogP contribution >= 0.6 is 23.2 Å². The number of H-pyrrole nitrogens is 1. The van der Waals surface area contributed by atoms with Crippen LogP contribution in [0.15, 0.2) is 42.6 Å². The molecule has 0 aliphatic carbocycles. The summed E-state index contributed by atoms with van der Waals surface area (Å²) < 4.78 is 5.90. The lowest BCUT2D eigenvalue weighted by atomic mass is 10.0. The van der Waals surface area contributed by atoms with E-state index in [2.05, 4.69) is 25.7 Å². The number of anilines is 1. The van der Waals surface area contributed by atoms with Crippen LogP contribution in [-0.4, -0.2) is 65.0 Å². The van der Waals surface area contributed by atoms with Crippen molar-refractivity contribution in [2.24, 2.45) is 0 Å². The van der Waals surface area contributed by atoms with Crippen LogP contribution in [0.2, 0.25) is 10.0 Å². The molecule has 5 rings (SSSR count). The molecule has 1 fully saturated rings. The van der Waals surface area contributed by atoms with Crippen LogP contribution in [0.4, 0.5) is 5.69 Å². The lowest BCUT2D eigenvalue weighted by molar-refractivity contribution is -0.116. The minimum Gasteiger partial charge on any atom is -0.494 e. The van der Waals surface area contributed by atoms with E-state index < -0.39 is 0 Å². The van der Waals surface area contributed by atoms with Crippen molar-refractivity contribution < 1.29 is 19.1 Å². The summed E-state index contributed by atoms with van der Waals surface area (Å²) >= 11 is 12.4. The SMILES string of the molecule is O=C1CCc2ccc(OCCCCN3CCC(NC(=O)c4[nH]ncc4CC(=O)c4c(Cl)cccc4Cl)CC3)cc2N1. The lowest BCUT2D eigenvalue weighted by Crippen LogP contribution is -2.45. The number of unbranched alkanes of at least 4 members (excludes halogenated alkanes) is 1. The van der Waals surface area contributed by atoms with E-state index in [9.17, 15) is 14.4 Å². The van der Waals surface area contributed by atoms with Crippen LogP contribution in [0.3, 0.4) is 0 Å². The zero-order valence-electron chi connectivity index (χ0n) is 22.7. The van der Waals surface area contributed by atoms with Crippen molar-refractivity contribution in [2.45, 2.75) is 51.0 Å². The van der Waals surface area contributed by atoms with Crippen molar-refractivity contribution in [3.05, 3.63) is 75.0 Å². The first-order valence-corrected chi connectivity index (χ1v) is 14.7. The predicted molar refractivity (Wildman–Crippen MR) is 158 cm³/mol. The molecule has 9 nitrogen and oxygen atoms in total. The largest absolute Gasteiger partial charge is 0.494 e. The fraction of sp³-hybridized carbons (Fsp3) is 0.400. The van der Waals surface area contributed by atoms with Crippen LogP contribution in [0.5, 0.6) is 5.75 Å². The normalized spacial score (nSPS) is 15.7. The van der Waals surface area contributed by atoms with Gasteiger partial charge in [-0.15, -0.1) is 0 Å². The molecule has 0 unspecified atom stereocenters. The number of amides is 2.